The number of nitrogens with one attached hydrogen (secondary N) is 3. The third-order valence-corrected chi connectivity index (χ3v) is 3.72. The number of aryl methyl sites for hydroxylation is 2. The van der Waals surface area contributed by atoms with Crippen molar-refractivity contribution >= 4 is 29.6 Å². The molecule has 0 aromatic heterocycles. The van der Waals surface area contributed by atoms with E-state index < -0.39 is 11.8 Å². The number of ether oxygens (including phenoxy) is 1. The number of benzene rings is 2. The molecule has 0 aliphatic rings. The normalized spacial score (nSPS) is 10.4. The van der Waals surface area contributed by atoms with E-state index in [1.165, 1.54) is 13.3 Å². The second kappa shape index (κ2) is 9.86. The van der Waals surface area contributed by atoms with E-state index in [0.717, 1.165) is 16.8 Å². The largest absolute Gasteiger partial charge is 0.484 e. The maximum absolute atomic E-state index is 12.0. The van der Waals surface area contributed by atoms with Gasteiger partial charge in [0.2, 0.25) is 0 Å². The average molecular weight is 382 g/mol. The summed E-state index contributed by atoms with van der Waals surface area (Å²) >= 11 is 0. The number of nitrogens with zero attached hydrogens (tertiary/aromatic N) is 1. The molecule has 2 rings (SSSR count). The van der Waals surface area contributed by atoms with Crippen LogP contribution in [0.2, 0.25) is 0 Å². The molecule has 0 aliphatic heterocycles. The van der Waals surface area contributed by atoms with Gasteiger partial charge in [0.05, 0.1) is 6.21 Å². The number of anilines is 1. The Bertz CT molecular complexity index is 892. The SMILES string of the molecule is CNC(=O)C(=O)N/N=C\c1ccc(OCC(=O)Nc2ccc(C)cc2C)cc1. The number of hydrogen-bond acceptors (Lipinski definition) is 5. The zero-order chi connectivity index (χ0) is 20.5. The highest BCUT2D eigenvalue weighted by molar-refractivity contribution is 6.34. The molecule has 0 radical (unpaired) electrons. The molecule has 0 heterocycles. The van der Waals surface area contributed by atoms with Gasteiger partial charge in [-0.2, -0.15) is 5.10 Å². The number of likely N-dealkylation sites (N-methyl/N-ethyl adjacent to an activating group) is 1. The monoisotopic (exact) mass is 382 g/mol. The van der Waals surface area contributed by atoms with E-state index in [0.29, 0.717) is 11.3 Å². The molecule has 0 bridgehead atoms. The third-order valence-electron chi connectivity index (χ3n) is 3.72. The predicted octanol–water partition coefficient (Wildman–Crippen LogP) is 1.52. The molecular formula is C20H22N4O4. The van der Waals surface area contributed by atoms with Crippen LogP contribution in [0.1, 0.15) is 16.7 Å². The fourth-order valence-electron chi connectivity index (χ4n) is 2.27. The highest BCUT2D eigenvalue weighted by Crippen LogP contribution is 2.16. The quantitative estimate of drug-likeness (QED) is 0.400. The molecule has 8 nitrogen and oxygen atoms in total. The first-order chi connectivity index (χ1) is 13.4. The molecule has 8 heteroatoms. The number of amides is 3. The van der Waals surface area contributed by atoms with E-state index in [2.05, 4.69) is 21.2 Å². The maximum Gasteiger partial charge on any atom is 0.329 e. The zero-order valence-electron chi connectivity index (χ0n) is 15.9. The molecule has 0 atom stereocenters. The van der Waals surface area contributed by atoms with Crippen molar-refractivity contribution in [2.24, 2.45) is 5.10 Å². The minimum Gasteiger partial charge on any atom is -0.484 e. The number of carbonyl (C=O) groups excluding carboxylic acids is 3. The van der Waals surface area contributed by atoms with Gasteiger partial charge in [0.15, 0.2) is 6.61 Å². The minimum absolute atomic E-state index is 0.122. The summed E-state index contributed by atoms with van der Waals surface area (Å²) in [5, 5.41) is 8.69. The van der Waals surface area contributed by atoms with Crippen LogP contribution in [0.15, 0.2) is 47.6 Å². The summed E-state index contributed by atoms with van der Waals surface area (Å²) < 4.78 is 5.47. The molecule has 0 spiro atoms. The van der Waals surface area contributed by atoms with Crippen LogP contribution in [0, 0.1) is 13.8 Å². The van der Waals surface area contributed by atoms with E-state index in [4.69, 9.17) is 4.74 Å². The predicted molar refractivity (Wildman–Crippen MR) is 106 cm³/mol. The van der Waals surface area contributed by atoms with Crippen LogP contribution in [-0.4, -0.2) is 37.6 Å². The number of carbonyl (C=O) groups is 3. The Hall–Kier alpha value is -3.68. The third kappa shape index (κ3) is 6.24. The van der Waals surface area contributed by atoms with Crippen molar-refractivity contribution in [3.05, 3.63) is 59.2 Å². The van der Waals surface area contributed by atoms with Crippen molar-refractivity contribution in [2.75, 3.05) is 19.0 Å². The molecule has 0 fully saturated rings. The molecular weight excluding hydrogens is 360 g/mol. The Labute approximate surface area is 163 Å². The topological polar surface area (TPSA) is 109 Å². The van der Waals surface area contributed by atoms with Gasteiger partial charge >= 0.3 is 11.8 Å². The lowest BCUT2D eigenvalue weighted by molar-refractivity contribution is -0.138. The Balaban J connectivity index is 1.82. The van der Waals surface area contributed by atoms with Crippen LogP contribution < -0.4 is 20.8 Å². The van der Waals surface area contributed by atoms with Crippen molar-refractivity contribution < 1.29 is 19.1 Å². The molecule has 3 amide bonds. The van der Waals surface area contributed by atoms with E-state index in [1.54, 1.807) is 24.3 Å². The van der Waals surface area contributed by atoms with Gasteiger partial charge in [-0.3, -0.25) is 14.4 Å². The summed E-state index contributed by atoms with van der Waals surface area (Å²) in [4.78, 5) is 34.3. The molecule has 3 N–H and O–H groups in total. The summed E-state index contributed by atoms with van der Waals surface area (Å²) in [6.07, 6.45) is 1.39. The average Bonchev–Trinajstić information content (AvgIpc) is 2.68. The lowest BCUT2D eigenvalue weighted by Gasteiger charge is -2.10. The number of rotatable bonds is 6. The van der Waals surface area contributed by atoms with Crippen LogP contribution >= 0.6 is 0 Å². The van der Waals surface area contributed by atoms with Crippen LogP contribution in [0.25, 0.3) is 0 Å². The van der Waals surface area contributed by atoms with Crippen LogP contribution in [0.3, 0.4) is 0 Å². The van der Waals surface area contributed by atoms with Crippen molar-refractivity contribution in [1.29, 1.82) is 0 Å². The Morgan fingerprint density at radius 2 is 1.75 bits per heavy atom. The van der Waals surface area contributed by atoms with E-state index >= 15 is 0 Å². The molecule has 2 aromatic rings. The van der Waals surface area contributed by atoms with Crippen LogP contribution in [0.5, 0.6) is 5.75 Å². The fourth-order valence-corrected chi connectivity index (χ4v) is 2.27. The summed E-state index contributed by atoms with van der Waals surface area (Å²) in [5.41, 5.74) is 5.66. The molecule has 146 valence electrons. The summed E-state index contributed by atoms with van der Waals surface area (Å²) in [7, 11) is 1.35. The Morgan fingerprint density at radius 3 is 2.39 bits per heavy atom. The summed E-state index contributed by atoms with van der Waals surface area (Å²) in [5.74, 6) is -1.37. The van der Waals surface area contributed by atoms with Gasteiger partial charge in [-0.15, -0.1) is 0 Å². The standard InChI is InChI=1S/C20H22N4O4/c1-13-4-9-17(14(2)10-13)23-18(25)12-28-16-7-5-15(6-8-16)11-22-24-20(27)19(26)21-3/h4-11H,12H2,1-3H3,(H,21,26)(H,23,25)(H,24,27)/b22-11-. The Morgan fingerprint density at radius 1 is 1.04 bits per heavy atom. The second-order valence-corrected chi connectivity index (χ2v) is 6.00. The molecule has 2 aromatic carbocycles. The Kier molecular flexibility index (Phi) is 7.27. The first-order valence-corrected chi connectivity index (χ1v) is 8.54. The maximum atomic E-state index is 12.0. The zero-order valence-corrected chi connectivity index (χ0v) is 15.9. The summed E-state index contributed by atoms with van der Waals surface area (Å²) in [6.45, 7) is 3.80. The van der Waals surface area contributed by atoms with Gasteiger partial charge < -0.3 is 15.4 Å². The van der Waals surface area contributed by atoms with Gasteiger partial charge in [-0.25, -0.2) is 5.43 Å². The molecule has 0 saturated carbocycles. The van der Waals surface area contributed by atoms with E-state index in [-0.39, 0.29) is 12.5 Å². The van der Waals surface area contributed by atoms with Gasteiger partial charge in [-0.1, -0.05) is 17.7 Å². The molecule has 0 unspecified atom stereocenters. The van der Waals surface area contributed by atoms with Gasteiger partial charge in [-0.05, 0) is 55.3 Å². The van der Waals surface area contributed by atoms with Crippen LogP contribution in [0.4, 0.5) is 5.69 Å². The molecule has 28 heavy (non-hydrogen) atoms. The van der Waals surface area contributed by atoms with Gasteiger partial charge in [0.25, 0.3) is 5.91 Å². The highest BCUT2D eigenvalue weighted by atomic mass is 16.5. The fraction of sp³-hybridized carbons (Fsp3) is 0.200. The van der Waals surface area contributed by atoms with Crippen LogP contribution in [-0.2, 0) is 14.4 Å². The molecule has 0 saturated heterocycles. The molecule has 0 aliphatic carbocycles. The lowest BCUT2D eigenvalue weighted by atomic mass is 10.1. The van der Waals surface area contributed by atoms with Crippen molar-refractivity contribution in [3.63, 3.8) is 0 Å². The van der Waals surface area contributed by atoms with Gasteiger partial charge in [0, 0.05) is 12.7 Å². The second-order valence-electron chi connectivity index (χ2n) is 6.00. The van der Waals surface area contributed by atoms with Gasteiger partial charge in [0.1, 0.15) is 5.75 Å². The van der Waals surface area contributed by atoms with Crippen molar-refractivity contribution in [1.82, 2.24) is 10.7 Å². The smallest absolute Gasteiger partial charge is 0.329 e. The van der Waals surface area contributed by atoms with Crippen molar-refractivity contribution in [2.45, 2.75) is 13.8 Å². The number of hydrogen-bond donors (Lipinski definition) is 3. The minimum atomic E-state index is -0.853. The first-order valence-electron chi connectivity index (χ1n) is 8.54. The first kappa shape index (κ1) is 20.6. The van der Waals surface area contributed by atoms with E-state index in [9.17, 15) is 14.4 Å². The van der Waals surface area contributed by atoms with E-state index in [1.807, 2.05) is 32.0 Å². The van der Waals surface area contributed by atoms with Crippen molar-refractivity contribution in [3.8, 4) is 5.75 Å². The highest BCUT2D eigenvalue weighted by Gasteiger charge is 2.09. The number of hydrazone groups is 1. The summed E-state index contributed by atoms with van der Waals surface area (Å²) in [6, 6.07) is 12.5. The lowest BCUT2D eigenvalue weighted by Crippen LogP contribution is -2.35.